The molecule has 9 aromatic rings. The summed E-state index contributed by atoms with van der Waals surface area (Å²) in [5.74, 6) is 1.76. The van der Waals surface area contributed by atoms with Crippen LogP contribution in [0.15, 0.2) is 162 Å². The van der Waals surface area contributed by atoms with Crippen LogP contribution in [0.25, 0.3) is 89.1 Å². The fraction of sp³-hybridized carbons (Fsp3) is 0. The molecule has 47 heavy (non-hydrogen) atoms. The van der Waals surface area contributed by atoms with Gasteiger partial charge >= 0.3 is 0 Å². The first-order valence-electron chi connectivity index (χ1n) is 15.5. The number of pyridine rings is 1. The molecular formula is C42H26N4O. The maximum Gasteiger partial charge on any atom is 0.165 e. The number of para-hydroxylation sites is 2. The summed E-state index contributed by atoms with van der Waals surface area (Å²) in [6.07, 6.45) is 3.66. The van der Waals surface area contributed by atoms with Crippen LogP contribution in [0.4, 0.5) is 0 Å². The molecule has 3 aromatic heterocycles. The largest absolute Gasteiger partial charge is 0.455 e. The SMILES string of the molecule is c1ccc(-c2nc(-c3ccc(-c4ccc5ccccc5c4)cc3)nc(-c3cncc(-c4cccc5c4oc4ccccc45)c3)n2)cc1. The monoisotopic (exact) mass is 602 g/mol. The van der Waals surface area contributed by atoms with Gasteiger partial charge in [-0.15, -0.1) is 0 Å². The van der Waals surface area contributed by atoms with Gasteiger partial charge in [0.05, 0.1) is 0 Å². The Morgan fingerprint density at radius 2 is 1.00 bits per heavy atom. The number of hydrogen-bond acceptors (Lipinski definition) is 5. The first-order chi connectivity index (χ1) is 23.3. The summed E-state index contributed by atoms with van der Waals surface area (Å²) in [5.41, 5.74) is 8.51. The Balaban J connectivity index is 1.14. The number of hydrogen-bond donors (Lipinski definition) is 0. The summed E-state index contributed by atoms with van der Waals surface area (Å²) >= 11 is 0. The van der Waals surface area contributed by atoms with E-state index in [9.17, 15) is 0 Å². The van der Waals surface area contributed by atoms with Gasteiger partial charge in [0.2, 0.25) is 0 Å². The van der Waals surface area contributed by atoms with Crippen LogP contribution in [0, 0.1) is 0 Å². The highest BCUT2D eigenvalue weighted by molar-refractivity contribution is 6.09. The van der Waals surface area contributed by atoms with Crippen molar-refractivity contribution in [1.82, 2.24) is 19.9 Å². The molecule has 9 rings (SSSR count). The van der Waals surface area contributed by atoms with Gasteiger partial charge in [0, 0.05) is 51.0 Å². The van der Waals surface area contributed by atoms with Crippen LogP contribution < -0.4 is 0 Å². The van der Waals surface area contributed by atoms with Crippen LogP contribution in [0.2, 0.25) is 0 Å². The standard InChI is InChI=1S/C42H26N4O/c1-2-10-29(11-3-1)40-44-41(30-20-17-28(18-21-30)32-22-19-27-9-4-5-12-31(27)23-32)46-42(45-40)34-24-33(25-43-26-34)35-14-8-15-37-36-13-6-7-16-38(36)47-39(35)37/h1-26H. The number of aromatic nitrogens is 4. The Kier molecular flexibility index (Phi) is 6.39. The van der Waals surface area contributed by atoms with E-state index >= 15 is 0 Å². The van der Waals surface area contributed by atoms with Crippen LogP contribution in [-0.4, -0.2) is 19.9 Å². The van der Waals surface area contributed by atoms with Gasteiger partial charge in [-0.05, 0) is 40.1 Å². The van der Waals surface area contributed by atoms with Gasteiger partial charge in [0.1, 0.15) is 11.2 Å². The van der Waals surface area contributed by atoms with Crippen molar-refractivity contribution in [3.05, 3.63) is 158 Å². The van der Waals surface area contributed by atoms with Crippen molar-refractivity contribution in [3.8, 4) is 56.4 Å². The third-order valence-corrected chi connectivity index (χ3v) is 8.61. The lowest BCUT2D eigenvalue weighted by atomic mass is 10.00. The lowest BCUT2D eigenvalue weighted by molar-refractivity contribution is 0.670. The molecule has 0 saturated carbocycles. The number of furan rings is 1. The molecule has 5 heteroatoms. The predicted molar refractivity (Wildman–Crippen MR) is 190 cm³/mol. The Morgan fingerprint density at radius 3 is 1.83 bits per heavy atom. The lowest BCUT2D eigenvalue weighted by Gasteiger charge is -2.10. The highest BCUT2D eigenvalue weighted by Crippen LogP contribution is 2.36. The van der Waals surface area contributed by atoms with Gasteiger partial charge < -0.3 is 4.42 Å². The zero-order valence-corrected chi connectivity index (χ0v) is 25.2. The summed E-state index contributed by atoms with van der Waals surface area (Å²) in [7, 11) is 0. The Hall–Kier alpha value is -6.46. The maximum atomic E-state index is 6.33. The minimum atomic E-state index is 0.554. The average molecular weight is 603 g/mol. The molecule has 0 spiro atoms. The minimum absolute atomic E-state index is 0.554. The second-order valence-corrected chi connectivity index (χ2v) is 11.6. The summed E-state index contributed by atoms with van der Waals surface area (Å²) < 4.78 is 6.33. The topological polar surface area (TPSA) is 64.7 Å². The molecule has 0 amide bonds. The van der Waals surface area contributed by atoms with Gasteiger partial charge in [-0.25, -0.2) is 15.0 Å². The average Bonchev–Trinajstić information content (AvgIpc) is 3.54. The van der Waals surface area contributed by atoms with E-state index in [1.165, 1.54) is 16.3 Å². The molecule has 0 unspecified atom stereocenters. The van der Waals surface area contributed by atoms with E-state index in [0.29, 0.717) is 17.5 Å². The molecule has 3 heterocycles. The Labute approximate surface area is 270 Å². The Morgan fingerprint density at radius 1 is 0.383 bits per heavy atom. The molecule has 0 bridgehead atoms. The Bertz CT molecular complexity index is 2570. The molecule has 0 fully saturated rings. The van der Waals surface area contributed by atoms with Crippen molar-refractivity contribution in [2.45, 2.75) is 0 Å². The van der Waals surface area contributed by atoms with E-state index in [1.54, 1.807) is 6.20 Å². The van der Waals surface area contributed by atoms with Crippen molar-refractivity contribution < 1.29 is 4.42 Å². The quantitative estimate of drug-likeness (QED) is 0.196. The van der Waals surface area contributed by atoms with Crippen LogP contribution in [0.5, 0.6) is 0 Å². The first-order valence-corrected chi connectivity index (χ1v) is 15.5. The molecule has 0 radical (unpaired) electrons. The van der Waals surface area contributed by atoms with E-state index in [0.717, 1.165) is 55.3 Å². The zero-order valence-electron chi connectivity index (χ0n) is 25.2. The van der Waals surface area contributed by atoms with Crippen molar-refractivity contribution in [1.29, 1.82) is 0 Å². The zero-order chi connectivity index (χ0) is 31.2. The van der Waals surface area contributed by atoms with E-state index in [-0.39, 0.29) is 0 Å². The van der Waals surface area contributed by atoms with Gasteiger partial charge in [0.15, 0.2) is 17.5 Å². The van der Waals surface area contributed by atoms with Crippen molar-refractivity contribution in [3.63, 3.8) is 0 Å². The number of rotatable bonds is 5. The molecule has 5 nitrogen and oxygen atoms in total. The van der Waals surface area contributed by atoms with Crippen LogP contribution in [0.1, 0.15) is 0 Å². The predicted octanol–water partition coefficient (Wildman–Crippen LogP) is 10.7. The first kappa shape index (κ1) is 26.9. The molecule has 0 aliphatic heterocycles. The molecule has 0 aliphatic rings. The van der Waals surface area contributed by atoms with Crippen LogP contribution in [-0.2, 0) is 0 Å². The van der Waals surface area contributed by atoms with E-state index in [4.69, 9.17) is 19.4 Å². The molecular weight excluding hydrogens is 576 g/mol. The third kappa shape index (κ3) is 4.91. The maximum absolute atomic E-state index is 6.33. The van der Waals surface area contributed by atoms with Crippen LogP contribution in [0.3, 0.4) is 0 Å². The number of benzene rings is 6. The lowest BCUT2D eigenvalue weighted by Crippen LogP contribution is -2.00. The summed E-state index contributed by atoms with van der Waals surface area (Å²) in [4.78, 5) is 19.5. The van der Waals surface area contributed by atoms with Crippen molar-refractivity contribution in [2.75, 3.05) is 0 Å². The normalized spacial score (nSPS) is 11.4. The molecule has 6 aromatic carbocycles. The smallest absolute Gasteiger partial charge is 0.165 e. The minimum Gasteiger partial charge on any atom is -0.455 e. The fourth-order valence-electron chi connectivity index (χ4n) is 6.22. The molecule has 0 N–H and O–H groups in total. The highest BCUT2D eigenvalue weighted by Gasteiger charge is 2.16. The van der Waals surface area contributed by atoms with Gasteiger partial charge in [-0.1, -0.05) is 127 Å². The fourth-order valence-corrected chi connectivity index (χ4v) is 6.22. The third-order valence-electron chi connectivity index (χ3n) is 8.61. The number of nitrogens with zero attached hydrogens (tertiary/aromatic N) is 4. The van der Waals surface area contributed by atoms with Crippen molar-refractivity contribution in [2.24, 2.45) is 0 Å². The molecule has 0 saturated heterocycles. The van der Waals surface area contributed by atoms with Gasteiger partial charge in [-0.2, -0.15) is 0 Å². The van der Waals surface area contributed by atoms with E-state index < -0.39 is 0 Å². The summed E-state index contributed by atoms with van der Waals surface area (Å²) in [5, 5.41) is 4.61. The second-order valence-electron chi connectivity index (χ2n) is 11.6. The van der Waals surface area contributed by atoms with E-state index in [1.807, 2.05) is 54.7 Å². The summed E-state index contributed by atoms with van der Waals surface area (Å²) in [6, 6.07) is 49.8. The van der Waals surface area contributed by atoms with Crippen molar-refractivity contribution >= 4 is 32.7 Å². The summed E-state index contributed by atoms with van der Waals surface area (Å²) in [6.45, 7) is 0. The highest BCUT2D eigenvalue weighted by atomic mass is 16.3. The molecule has 0 aliphatic carbocycles. The number of fused-ring (bicyclic) bond motifs is 4. The van der Waals surface area contributed by atoms with Crippen LogP contribution >= 0.6 is 0 Å². The van der Waals surface area contributed by atoms with Gasteiger partial charge in [0.25, 0.3) is 0 Å². The second kappa shape index (κ2) is 11.2. The molecule has 220 valence electrons. The van der Waals surface area contributed by atoms with Gasteiger partial charge in [-0.3, -0.25) is 4.98 Å². The van der Waals surface area contributed by atoms with E-state index in [2.05, 4.69) is 102 Å². The molecule has 0 atom stereocenters.